The monoisotopic (exact) mass is 252 g/mol. The zero-order valence-electron chi connectivity index (χ0n) is 9.65. The maximum Gasteiger partial charge on any atom is 0.346 e. The third-order valence-corrected chi connectivity index (χ3v) is 2.44. The molecule has 0 amide bonds. The van der Waals surface area contributed by atoms with Crippen LogP contribution in [0.4, 0.5) is 4.39 Å². The van der Waals surface area contributed by atoms with E-state index in [1.165, 1.54) is 13.2 Å². The summed E-state index contributed by atoms with van der Waals surface area (Å²) < 4.78 is 27.4. The number of carbonyl (C=O) groups is 1. The highest BCUT2D eigenvalue weighted by molar-refractivity contribution is 6.05. The van der Waals surface area contributed by atoms with Crippen LogP contribution in [0.3, 0.4) is 0 Å². The van der Waals surface area contributed by atoms with Crippen molar-refractivity contribution in [1.29, 1.82) is 0 Å². The van der Waals surface area contributed by atoms with Crippen LogP contribution in [0.15, 0.2) is 27.4 Å². The van der Waals surface area contributed by atoms with Crippen molar-refractivity contribution < 1.29 is 23.1 Å². The average Bonchev–Trinajstić information content (AvgIpc) is 2.37. The van der Waals surface area contributed by atoms with E-state index in [1.807, 2.05) is 0 Å². The van der Waals surface area contributed by atoms with Crippen molar-refractivity contribution in [2.75, 3.05) is 14.2 Å². The highest BCUT2D eigenvalue weighted by Gasteiger charge is 2.22. The van der Waals surface area contributed by atoms with Crippen molar-refractivity contribution in [3.63, 3.8) is 0 Å². The predicted octanol–water partition coefficient (Wildman–Crippen LogP) is 1.73. The molecule has 5 nitrogen and oxygen atoms in total. The van der Waals surface area contributed by atoms with Gasteiger partial charge in [0, 0.05) is 5.39 Å². The second-order valence-corrected chi connectivity index (χ2v) is 3.44. The van der Waals surface area contributed by atoms with E-state index in [2.05, 4.69) is 4.74 Å². The van der Waals surface area contributed by atoms with Gasteiger partial charge in [0.05, 0.1) is 19.6 Å². The van der Waals surface area contributed by atoms with E-state index in [0.717, 1.165) is 19.2 Å². The molecule has 0 saturated carbocycles. The van der Waals surface area contributed by atoms with Gasteiger partial charge in [0.1, 0.15) is 11.4 Å². The number of benzene rings is 1. The predicted molar refractivity (Wildman–Crippen MR) is 60.3 cm³/mol. The first-order valence-corrected chi connectivity index (χ1v) is 4.97. The minimum atomic E-state index is -0.772. The fourth-order valence-electron chi connectivity index (χ4n) is 1.64. The molecule has 6 heteroatoms. The number of ether oxygens (including phenoxy) is 2. The number of hydrogen-bond acceptors (Lipinski definition) is 5. The van der Waals surface area contributed by atoms with Crippen LogP contribution in [0.25, 0.3) is 10.8 Å². The summed E-state index contributed by atoms with van der Waals surface area (Å²) in [6.07, 6.45) is 0. The molecule has 1 aromatic carbocycles. The summed E-state index contributed by atoms with van der Waals surface area (Å²) >= 11 is 0. The van der Waals surface area contributed by atoms with Crippen molar-refractivity contribution >= 4 is 16.7 Å². The quantitative estimate of drug-likeness (QED) is 0.761. The molecule has 0 fully saturated rings. The van der Waals surface area contributed by atoms with Crippen molar-refractivity contribution in [2.24, 2.45) is 0 Å². The van der Waals surface area contributed by atoms with Crippen LogP contribution >= 0.6 is 0 Å². The molecule has 2 rings (SSSR count). The highest BCUT2D eigenvalue weighted by Crippen LogP contribution is 2.26. The molecule has 1 heterocycles. The molecule has 0 N–H and O–H groups in total. The lowest BCUT2D eigenvalue weighted by Gasteiger charge is -2.07. The fourth-order valence-corrected chi connectivity index (χ4v) is 1.64. The van der Waals surface area contributed by atoms with Gasteiger partial charge in [0.2, 0.25) is 0 Å². The zero-order valence-corrected chi connectivity index (χ0v) is 9.65. The Balaban J connectivity index is 2.94. The summed E-state index contributed by atoms with van der Waals surface area (Å²) in [6.45, 7) is 0. The Morgan fingerprint density at radius 3 is 2.61 bits per heavy atom. The van der Waals surface area contributed by atoms with E-state index in [0.29, 0.717) is 0 Å². The second kappa shape index (κ2) is 4.48. The Bertz CT molecular complexity index is 674. The van der Waals surface area contributed by atoms with Crippen LogP contribution in [-0.2, 0) is 4.74 Å². The topological polar surface area (TPSA) is 65.7 Å². The van der Waals surface area contributed by atoms with E-state index >= 15 is 0 Å². The van der Waals surface area contributed by atoms with Crippen molar-refractivity contribution in [2.45, 2.75) is 0 Å². The van der Waals surface area contributed by atoms with Gasteiger partial charge < -0.3 is 13.9 Å². The minimum absolute atomic E-state index is 0.0811. The average molecular weight is 252 g/mol. The maximum absolute atomic E-state index is 13.2. The number of carbonyl (C=O) groups excluding carboxylic acids is 1. The van der Waals surface area contributed by atoms with Crippen LogP contribution < -0.4 is 10.4 Å². The Morgan fingerprint density at radius 1 is 1.28 bits per heavy atom. The smallest absolute Gasteiger partial charge is 0.346 e. The van der Waals surface area contributed by atoms with E-state index in [1.54, 1.807) is 0 Å². The standard InChI is InChI=1S/C12H9FO5/c1-16-11(15)9-8-5-6(13)3-4-7(8)10(14)18-12(9)17-2/h3-5H,1-2H3. The molecule has 0 atom stereocenters. The molecule has 0 spiro atoms. The first-order chi connectivity index (χ1) is 8.58. The fraction of sp³-hybridized carbons (Fsp3) is 0.167. The van der Waals surface area contributed by atoms with Crippen LogP contribution in [-0.4, -0.2) is 20.2 Å². The van der Waals surface area contributed by atoms with Gasteiger partial charge in [-0.2, -0.15) is 0 Å². The van der Waals surface area contributed by atoms with Crippen molar-refractivity contribution in [3.8, 4) is 5.95 Å². The lowest BCUT2D eigenvalue weighted by molar-refractivity contribution is 0.0593. The second-order valence-electron chi connectivity index (χ2n) is 3.44. The normalized spacial score (nSPS) is 10.4. The molecule has 0 saturated heterocycles. The van der Waals surface area contributed by atoms with Crippen molar-refractivity contribution in [1.82, 2.24) is 0 Å². The Hall–Kier alpha value is -2.37. The van der Waals surface area contributed by atoms with Gasteiger partial charge in [-0.1, -0.05) is 0 Å². The van der Waals surface area contributed by atoms with Gasteiger partial charge in [0.25, 0.3) is 0 Å². The number of hydrogen-bond donors (Lipinski definition) is 0. The SMILES string of the molecule is COC(=O)c1c(OC)oc(=O)c2ccc(F)cc12. The Labute approximate surface area is 101 Å². The third kappa shape index (κ3) is 1.81. The third-order valence-electron chi connectivity index (χ3n) is 2.44. The Kier molecular flexibility index (Phi) is 3.01. The van der Waals surface area contributed by atoms with Crippen LogP contribution in [0.5, 0.6) is 5.95 Å². The van der Waals surface area contributed by atoms with Gasteiger partial charge in [-0.15, -0.1) is 0 Å². The zero-order chi connectivity index (χ0) is 13.3. The van der Waals surface area contributed by atoms with E-state index in [9.17, 15) is 14.0 Å². The van der Waals surface area contributed by atoms with Gasteiger partial charge in [-0.25, -0.2) is 14.0 Å². The van der Waals surface area contributed by atoms with Crippen LogP contribution in [0, 0.1) is 5.82 Å². The minimum Gasteiger partial charge on any atom is -0.468 e. The summed E-state index contributed by atoms with van der Waals surface area (Å²) in [7, 11) is 2.40. The summed E-state index contributed by atoms with van der Waals surface area (Å²) in [6, 6.07) is 3.40. The molecule has 0 bridgehead atoms. The summed E-state index contributed by atoms with van der Waals surface area (Å²) in [5, 5.41) is 0.174. The number of halogens is 1. The molecule has 0 aliphatic rings. The first kappa shape index (κ1) is 12.1. The molecule has 18 heavy (non-hydrogen) atoms. The largest absolute Gasteiger partial charge is 0.468 e. The molecule has 0 unspecified atom stereocenters. The number of esters is 1. The summed E-state index contributed by atoms with van der Waals surface area (Å²) in [4.78, 5) is 23.3. The van der Waals surface area contributed by atoms with E-state index in [4.69, 9.17) is 9.15 Å². The van der Waals surface area contributed by atoms with Crippen molar-refractivity contribution in [3.05, 3.63) is 40.0 Å². The highest BCUT2D eigenvalue weighted by atomic mass is 19.1. The molecular weight excluding hydrogens is 243 g/mol. The molecular formula is C12H9FO5. The van der Waals surface area contributed by atoms with E-state index in [-0.39, 0.29) is 22.3 Å². The summed E-state index contributed by atoms with van der Waals surface area (Å²) in [5.74, 6) is -1.66. The van der Waals surface area contributed by atoms with Gasteiger partial charge in [-0.3, -0.25) is 0 Å². The first-order valence-electron chi connectivity index (χ1n) is 4.97. The van der Waals surface area contributed by atoms with Crippen LogP contribution in [0.2, 0.25) is 0 Å². The molecule has 2 aromatic rings. The number of methoxy groups -OCH3 is 2. The summed E-state index contributed by atoms with van der Waals surface area (Å²) in [5.41, 5.74) is -0.830. The lowest BCUT2D eigenvalue weighted by Crippen LogP contribution is -2.10. The number of fused-ring (bicyclic) bond motifs is 1. The molecule has 0 radical (unpaired) electrons. The maximum atomic E-state index is 13.2. The van der Waals surface area contributed by atoms with Gasteiger partial charge in [0.15, 0.2) is 0 Å². The van der Waals surface area contributed by atoms with Crippen LogP contribution in [0.1, 0.15) is 10.4 Å². The molecule has 0 aliphatic heterocycles. The Morgan fingerprint density at radius 2 is 2.00 bits per heavy atom. The lowest BCUT2D eigenvalue weighted by atomic mass is 10.1. The van der Waals surface area contributed by atoms with Gasteiger partial charge >= 0.3 is 17.5 Å². The number of rotatable bonds is 2. The molecule has 1 aromatic heterocycles. The molecule has 94 valence electrons. The van der Waals surface area contributed by atoms with E-state index < -0.39 is 17.4 Å². The van der Waals surface area contributed by atoms with Gasteiger partial charge in [-0.05, 0) is 18.2 Å². The molecule has 0 aliphatic carbocycles.